The van der Waals surface area contributed by atoms with Gasteiger partial charge in [-0.1, -0.05) is 0 Å². The fourth-order valence-corrected chi connectivity index (χ4v) is 1.61. The van der Waals surface area contributed by atoms with Gasteiger partial charge < -0.3 is 4.90 Å². The van der Waals surface area contributed by atoms with Crippen LogP contribution in [0.1, 0.15) is 13.8 Å². The van der Waals surface area contributed by atoms with Crippen LogP contribution in [0.15, 0.2) is 0 Å². The van der Waals surface area contributed by atoms with Gasteiger partial charge in [0.25, 0.3) is 5.92 Å². The minimum Gasteiger partial charge on any atom is -0.340 e. The Balaban J connectivity index is 2.33. The molecule has 5 heteroatoms. The Morgan fingerprint density at radius 3 is 2.14 bits per heavy atom. The normalized spacial score (nSPS) is 19.9. The average Bonchev–Trinajstić information content (AvgIpc) is 2.02. The summed E-state index contributed by atoms with van der Waals surface area (Å²) in [5, 5.41) is 0. The number of hydrogen-bond acceptors (Lipinski definition) is 2. The van der Waals surface area contributed by atoms with Crippen LogP contribution >= 0.6 is 0 Å². The Labute approximate surface area is 82.7 Å². The van der Waals surface area contributed by atoms with Crippen molar-refractivity contribution in [1.82, 2.24) is 9.80 Å². The first-order valence-electron chi connectivity index (χ1n) is 4.74. The van der Waals surface area contributed by atoms with Gasteiger partial charge in [-0.15, -0.1) is 0 Å². The number of piperazine rings is 1. The molecule has 1 heterocycles. The van der Waals surface area contributed by atoms with Gasteiger partial charge in [-0.2, -0.15) is 0 Å². The van der Waals surface area contributed by atoms with Crippen molar-refractivity contribution in [2.75, 3.05) is 32.7 Å². The molecule has 0 spiro atoms. The fourth-order valence-electron chi connectivity index (χ4n) is 1.61. The number of nitrogens with zero attached hydrogens (tertiary/aromatic N) is 2. The van der Waals surface area contributed by atoms with Crippen LogP contribution in [0.3, 0.4) is 0 Å². The summed E-state index contributed by atoms with van der Waals surface area (Å²) in [4.78, 5) is 14.3. The molecule has 1 aliphatic rings. The summed E-state index contributed by atoms with van der Waals surface area (Å²) in [5.74, 6) is -2.62. The number of hydrogen-bond donors (Lipinski definition) is 0. The molecular formula is C9H16F2N2O. The molecule has 0 radical (unpaired) electrons. The van der Waals surface area contributed by atoms with Gasteiger partial charge in [0.1, 0.15) is 0 Å². The van der Waals surface area contributed by atoms with E-state index >= 15 is 0 Å². The zero-order chi connectivity index (χ0) is 10.8. The lowest BCUT2D eigenvalue weighted by atomic mass is 10.2. The molecule has 0 saturated carbocycles. The third-order valence-corrected chi connectivity index (χ3v) is 2.32. The lowest BCUT2D eigenvalue weighted by molar-refractivity contribution is -0.131. The highest BCUT2D eigenvalue weighted by atomic mass is 19.3. The number of halogens is 2. The largest absolute Gasteiger partial charge is 0.340 e. The highest BCUT2D eigenvalue weighted by molar-refractivity contribution is 5.73. The smallest absolute Gasteiger partial charge is 0.257 e. The van der Waals surface area contributed by atoms with E-state index in [-0.39, 0.29) is 12.5 Å². The number of carbonyl (C=O) groups is 1. The predicted molar refractivity (Wildman–Crippen MR) is 49.3 cm³/mol. The second kappa shape index (κ2) is 4.21. The van der Waals surface area contributed by atoms with Gasteiger partial charge in [0.05, 0.1) is 6.54 Å². The van der Waals surface area contributed by atoms with Gasteiger partial charge in [-0.05, 0) is 0 Å². The van der Waals surface area contributed by atoms with E-state index in [0.717, 1.165) is 6.92 Å². The van der Waals surface area contributed by atoms with Crippen molar-refractivity contribution in [2.45, 2.75) is 19.8 Å². The van der Waals surface area contributed by atoms with Crippen LogP contribution in [-0.4, -0.2) is 54.4 Å². The molecule has 82 valence electrons. The molecule has 0 aromatic heterocycles. The van der Waals surface area contributed by atoms with Crippen molar-refractivity contribution in [3.05, 3.63) is 0 Å². The molecule has 1 aliphatic heterocycles. The molecule has 0 N–H and O–H groups in total. The zero-order valence-electron chi connectivity index (χ0n) is 8.59. The van der Waals surface area contributed by atoms with Crippen molar-refractivity contribution in [3.8, 4) is 0 Å². The van der Waals surface area contributed by atoms with Gasteiger partial charge >= 0.3 is 0 Å². The second-order valence-electron chi connectivity index (χ2n) is 3.85. The summed E-state index contributed by atoms with van der Waals surface area (Å²) >= 11 is 0. The third kappa shape index (κ3) is 3.57. The number of amides is 1. The van der Waals surface area contributed by atoms with Gasteiger partial charge in [0.15, 0.2) is 0 Å². The molecule has 1 rings (SSSR count). The third-order valence-electron chi connectivity index (χ3n) is 2.32. The van der Waals surface area contributed by atoms with Crippen LogP contribution < -0.4 is 0 Å². The summed E-state index contributed by atoms with van der Waals surface area (Å²) in [6, 6.07) is 0. The van der Waals surface area contributed by atoms with E-state index in [0.29, 0.717) is 26.2 Å². The summed E-state index contributed by atoms with van der Waals surface area (Å²) in [6.07, 6.45) is 0. The maximum atomic E-state index is 12.6. The van der Waals surface area contributed by atoms with Gasteiger partial charge in [-0.25, -0.2) is 8.78 Å². The van der Waals surface area contributed by atoms with Crippen molar-refractivity contribution in [3.63, 3.8) is 0 Å². The molecule has 0 aromatic carbocycles. The van der Waals surface area contributed by atoms with Crippen molar-refractivity contribution in [1.29, 1.82) is 0 Å². The Morgan fingerprint density at radius 2 is 1.79 bits per heavy atom. The minimum atomic E-state index is -2.64. The Morgan fingerprint density at radius 1 is 1.29 bits per heavy atom. The standard InChI is InChI=1S/C9H16F2N2O/c1-8(14)13-5-3-12(4-6-13)7-9(2,10)11/h3-7H2,1-2H3. The molecule has 0 aliphatic carbocycles. The monoisotopic (exact) mass is 206 g/mol. The molecule has 1 saturated heterocycles. The number of carbonyl (C=O) groups excluding carboxylic acids is 1. The van der Waals surface area contributed by atoms with Gasteiger partial charge in [-0.3, -0.25) is 9.69 Å². The first-order chi connectivity index (χ1) is 6.38. The minimum absolute atomic E-state index is 0.0212. The average molecular weight is 206 g/mol. The molecule has 3 nitrogen and oxygen atoms in total. The maximum Gasteiger partial charge on any atom is 0.257 e. The van der Waals surface area contributed by atoms with Crippen molar-refractivity contribution < 1.29 is 13.6 Å². The zero-order valence-corrected chi connectivity index (χ0v) is 8.59. The summed E-state index contributed by atoms with van der Waals surface area (Å²) in [6.45, 7) is 4.43. The first-order valence-corrected chi connectivity index (χ1v) is 4.74. The molecule has 0 unspecified atom stereocenters. The van der Waals surface area contributed by atoms with E-state index in [1.54, 1.807) is 9.80 Å². The van der Waals surface area contributed by atoms with Crippen LogP contribution in [0.25, 0.3) is 0 Å². The molecular weight excluding hydrogens is 190 g/mol. The highest BCUT2D eigenvalue weighted by Crippen LogP contribution is 2.14. The number of rotatable bonds is 2. The topological polar surface area (TPSA) is 23.6 Å². The van der Waals surface area contributed by atoms with E-state index in [1.165, 1.54) is 6.92 Å². The summed E-state index contributed by atoms with van der Waals surface area (Å²) in [5.41, 5.74) is 0. The molecule has 0 aromatic rings. The number of alkyl halides is 2. The Bertz CT molecular complexity index is 207. The van der Waals surface area contributed by atoms with Crippen LogP contribution in [0, 0.1) is 0 Å². The van der Waals surface area contributed by atoms with E-state index in [1.807, 2.05) is 0 Å². The quantitative estimate of drug-likeness (QED) is 0.667. The molecule has 14 heavy (non-hydrogen) atoms. The second-order valence-corrected chi connectivity index (χ2v) is 3.85. The van der Waals surface area contributed by atoms with E-state index in [2.05, 4.69) is 0 Å². The molecule has 1 amide bonds. The molecule has 0 bridgehead atoms. The van der Waals surface area contributed by atoms with Crippen molar-refractivity contribution >= 4 is 5.91 Å². The van der Waals surface area contributed by atoms with Crippen LogP contribution in [0.5, 0.6) is 0 Å². The van der Waals surface area contributed by atoms with Crippen LogP contribution in [0.4, 0.5) is 8.78 Å². The maximum absolute atomic E-state index is 12.6. The lowest BCUT2D eigenvalue weighted by Crippen LogP contribution is -2.50. The fraction of sp³-hybridized carbons (Fsp3) is 0.889. The van der Waals surface area contributed by atoms with Gasteiger partial charge in [0, 0.05) is 40.0 Å². The molecule has 0 atom stereocenters. The van der Waals surface area contributed by atoms with E-state index in [4.69, 9.17) is 0 Å². The van der Waals surface area contributed by atoms with E-state index in [9.17, 15) is 13.6 Å². The van der Waals surface area contributed by atoms with Gasteiger partial charge in [0.2, 0.25) is 5.91 Å². The van der Waals surface area contributed by atoms with E-state index < -0.39 is 5.92 Å². The highest BCUT2D eigenvalue weighted by Gasteiger charge is 2.27. The predicted octanol–water partition coefficient (Wildman–Crippen LogP) is 0.806. The summed E-state index contributed by atoms with van der Waals surface area (Å²) in [7, 11) is 0. The first kappa shape index (κ1) is 11.4. The lowest BCUT2D eigenvalue weighted by Gasteiger charge is -2.35. The van der Waals surface area contributed by atoms with Crippen LogP contribution in [-0.2, 0) is 4.79 Å². The van der Waals surface area contributed by atoms with Crippen LogP contribution in [0.2, 0.25) is 0 Å². The Kier molecular flexibility index (Phi) is 3.42. The van der Waals surface area contributed by atoms with Crippen molar-refractivity contribution in [2.24, 2.45) is 0 Å². The summed E-state index contributed by atoms with van der Waals surface area (Å²) < 4.78 is 25.3. The Hall–Kier alpha value is -0.710. The SMILES string of the molecule is CC(=O)N1CCN(CC(C)(F)F)CC1. The molecule has 1 fully saturated rings.